The third-order valence-electron chi connectivity index (χ3n) is 4.89. The van der Waals surface area contributed by atoms with Crippen LogP contribution in [0.1, 0.15) is 50.6 Å². The van der Waals surface area contributed by atoms with Crippen LogP contribution in [0.25, 0.3) is 0 Å². The van der Waals surface area contributed by atoms with Gasteiger partial charge in [0.2, 0.25) is 11.8 Å². The minimum atomic E-state index is -0.958. The molecule has 1 aliphatic heterocycles. The molecule has 27 heavy (non-hydrogen) atoms. The summed E-state index contributed by atoms with van der Waals surface area (Å²) in [4.78, 5) is 37.9. The number of ether oxygens (including phenoxy) is 1. The number of nitrogens with one attached hydrogen (secondary N) is 1. The Morgan fingerprint density at radius 2 is 2.07 bits per heavy atom. The maximum atomic E-state index is 12.8. The highest BCUT2D eigenvalue weighted by Crippen LogP contribution is 2.40. The lowest BCUT2D eigenvalue weighted by molar-refractivity contribution is -0.143. The summed E-state index contributed by atoms with van der Waals surface area (Å²) in [6.45, 7) is 2.71. The van der Waals surface area contributed by atoms with Gasteiger partial charge in [-0.1, -0.05) is 31.5 Å². The van der Waals surface area contributed by atoms with Crippen LogP contribution < -0.4 is 10.1 Å². The van der Waals surface area contributed by atoms with Crippen molar-refractivity contribution in [2.24, 2.45) is 5.92 Å². The molecular formula is C20H28N2O5. The number of unbranched alkanes of at least 4 members (excludes halogenated alkanes) is 1. The van der Waals surface area contributed by atoms with Gasteiger partial charge in [0.05, 0.1) is 25.5 Å². The molecule has 1 heterocycles. The maximum absolute atomic E-state index is 12.8. The van der Waals surface area contributed by atoms with Crippen molar-refractivity contribution in [3.63, 3.8) is 0 Å². The zero-order valence-electron chi connectivity index (χ0n) is 15.9. The van der Waals surface area contributed by atoms with E-state index in [-0.39, 0.29) is 24.8 Å². The van der Waals surface area contributed by atoms with Crippen LogP contribution >= 0.6 is 0 Å². The number of amides is 2. The number of carboxylic acid groups (broad SMARTS) is 1. The second kappa shape index (κ2) is 9.94. The van der Waals surface area contributed by atoms with Gasteiger partial charge in [0.15, 0.2) is 0 Å². The maximum Gasteiger partial charge on any atom is 0.305 e. The SMILES string of the molecule is CCCCN1C(=O)CC[C@@H](C(=O)NCCC(=O)O)[C@H]1c1ccccc1OC. The van der Waals surface area contributed by atoms with Crippen molar-refractivity contribution >= 4 is 17.8 Å². The van der Waals surface area contributed by atoms with Crippen molar-refractivity contribution in [2.45, 2.75) is 45.1 Å². The normalized spacial score (nSPS) is 19.6. The average molecular weight is 376 g/mol. The number of benzene rings is 1. The van der Waals surface area contributed by atoms with Gasteiger partial charge in [0.25, 0.3) is 0 Å². The van der Waals surface area contributed by atoms with Crippen LogP contribution in [0.2, 0.25) is 0 Å². The molecule has 1 saturated heterocycles. The molecule has 0 aromatic heterocycles. The van der Waals surface area contributed by atoms with Gasteiger partial charge >= 0.3 is 5.97 Å². The number of piperidine rings is 1. The number of carboxylic acids is 1. The smallest absolute Gasteiger partial charge is 0.305 e. The van der Waals surface area contributed by atoms with E-state index in [0.29, 0.717) is 25.1 Å². The van der Waals surface area contributed by atoms with Gasteiger partial charge in [0, 0.05) is 25.1 Å². The summed E-state index contributed by atoms with van der Waals surface area (Å²) in [5, 5.41) is 11.5. The number of hydrogen-bond donors (Lipinski definition) is 2. The minimum absolute atomic E-state index is 0.0361. The van der Waals surface area contributed by atoms with Crippen molar-refractivity contribution in [2.75, 3.05) is 20.2 Å². The lowest BCUT2D eigenvalue weighted by Crippen LogP contribution is -2.48. The highest BCUT2D eigenvalue weighted by molar-refractivity contribution is 5.85. The quantitative estimate of drug-likeness (QED) is 0.690. The number of carbonyl (C=O) groups excluding carboxylic acids is 2. The van der Waals surface area contributed by atoms with E-state index in [4.69, 9.17) is 9.84 Å². The molecular weight excluding hydrogens is 348 g/mol. The molecule has 7 nitrogen and oxygen atoms in total. The minimum Gasteiger partial charge on any atom is -0.496 e. The molecule has 2 atom stereocenters. The third-order valence-corrected chi connectivity index (χ3v) is 4.89. The van der Waals surface area contributed by atoms with Gasteiger partial charge in [-0.25, -0.2) is 0 Å². The molecule has 0 saturated carbocycles. The van der Waals surface area contributed by atoms with E-state index >= 15 is 0 Å². The summed E-state index contributed by atoms with van der Waals surface area (Å²) in [6, 6.07) is 7.02. The standard InChI is InChI=1S/C20H28N2O5/c1-3-4-13-22-17(23)10-9-15(20(26)21-12-11-18(24)25)19(22)14-7-5-6-8-16(14)27-2/h5-8,15,19H,3-4,9-13H2,1-2H3,(H,21,26)(H,24,25)/t15-,19-/m1/s1. The predicted octanol–water partition coefficient (Wildman–Crippen LogP) is 2.37. The van der Waals surface area contributed by atoms with Crippen molar-refractivity contribution in [3.8, 4) is 5.75 Å². The second-order valence-electron chi connectivity index (χ2n) is 6.71. The van der Waals surface area contributed by atoms with Gasteiger partial charge in [-0.3, -0.25) is 14.4 Å². The molecule has 0 aliphatic carbocycles. The summed E-state index contributed by atoms with van der Waals surface area (Å²) in [5.74, 6) is -0.943. The lowest BCUT2D eigenvalue weighted by Gasteiger charge is -2.41. The fourth-order valence-electron chi connectivity index (χ4n) is 3.54. The first-order valence-electron chi connectivity index (χ1n) is 9.41. The number of methoxy groups -OCH3 is 1. The Morgan fingerprint density at radius 1 is 1.33 bits per heavy atom. The molecule has 2 N–H and O–H groups in total. The van der Waals surface area contributed by atoms with E-state index in [2.05, 4.69) is 12.2 Å². The van der Waals surface area contributed by atoms with E-state index in [1.54, 1.807) is 12.0 Å². The first-order chi connectivity index (χ1) is 13.0. The summed E-state index contributed by atoms with van der Waals surface area (Å²) in [5.41, 5.74) is 0.808. The number of rotatable bonds is 9. The van der Waals surface area contributed by atoms with E-state index in [9.17, 15) is 14.4 Å². The van der Waals surface area contributed by atoms with Crippen LogP contribution in [-0.4, -0.2) is 48.0 Å². The summed E-state index contributed by atoms with van der Waals surface area (Å²) in [6.07, 6.45) is 2.41. The molecule has 1 aromatic rings. The Bertz CT molecular complexity index is 676. The molecule has 0 spiro atoms. The Kier molecular flexibility index (Phi) is 7.64. The summed E-state index contributed by atoms with van der Waals surface area (Å²) < 4.78 is 5.48. The van der Waals surface area contributed by atoms with Crippen LogP contribution in [0.5, 0.6) is 5.75 Å². The largest absolute Gasteiger partial charge is 0.496 e. The molecule has 148 valence electrons. The zero-order valence-corrected chi connectivity index (χ0v) is 15.9. The molecule has 0 unspecified atom stereocenters. The van der Waals surface area contributed by atoms with Gasteiger partial charge in [-0.15, -0.1) is 0 Å². The number of nitrogens with zero attached hydrogens (tertiary/aromatic N) is 1. The van der Waals surface area contributed by atoms with Crippen LogP contribution in [0, 0.1) is 5.92 Å². The fourth-order valence-corrected chi connectivity index (χ4v) is 3.54. The molecule has 2 rings (SSSR count). The Hall–Kier alpha value is -2.57. The molecule has 0 radical (unpaired) electrons. The highest BCUT2D eigenvalue weighted by Gasteiger charge is 2.41. The number of likely N-dealkylation sites (tertiary alicyclic amines) is 1. The van der Waals surface area contributed by atoms with Crippen molar-refractivity contribution in [1.82, 2.24) is 10.2 Å². The molecule has 1 fully saturated rings. The summed E-state index contributed by atoms with van der Waals surface area (Å²) >= 11 is 0. The topological polar surface area (TPSA) is 95.9 Å². The Labute approximate surface area is 159 Å². The van der Waals surface area contributed by atoms with Crippen LogP contribution in [0.3, 0.4) is 0 Å². The fraction of sp³-hybridized carbons (Fsp3) is 0.550. The van der Waals surface area contributed by atoms with E-state index in [1.165, 1.54) is 0 Å². The van der Waals surface area contributed by atoms with Gasteiger partial charge < -0.3 is 20.1 Å². The van der Waals surface area contributed by atoms with Crippen molar-refractivity contribution in [3.05, 3.63) is 29.8 Å². The van der Waals surface area contributed by atoms with E-state index < -0.39 is 17.9 Å². The number of hydrogen-bond acceptors (Lipinski definition) is 4. The molecule has 0 bridgehead atoms. The molecule has 1 aromatic carbocycles. The first-order valence-corrected chi connectivity index (χ1v) is 9.41. The average Bonchev–Trinajstić information content (AvgIpc) is 2.66. The summed E-state index contributed by atoms with van der Waals surface area (Å²) in [7, 11) is 1.57. The van der Waals surface area contributed by atoms with Crippen LogP contribution in [0.4, 0.5) is 0 Å². The van der Waals surface area contributed by atoms with E-state index in [1.807, 2.05) is 24.3 Å². The number of para-hydroxylation sites is 1. The predicted molar refractivity (Wildman–Crippen MR) is 100 cm³/mol. The monoisotopic (exact) mass is 376 g/mol. The zero-order chi connectivity index (χ0) is 19.8. The highest BCUT2D eigenvalue weighted by atomic mass is 16.5. The van der Waals surface area contributed by atoms with E-state index in [0.717, 1.165) is 18.4 Å². The lowest BCUT2D eigenvalue weighted by atomic mass is 9.83. The number of aliphatic carboxylic acids is 1. The second-order valence-corrected chi connectivity index (χ2v) is 6.71. The first kappa shape index (κ1) is 20.7. The van der Waals surface area contributed by atoms with Crippen molar-refractivity contribution in [1.29, 1.82) is 0 Å². The Morgan fingerprint density at radius 3 is 2.74 bits per heavy atom. The van der Waals surface area contributed by atoms with Gasteiger partial charge in [-0.05, 0) is 18.9 Å². The van der Waals surface area contributed by atoms with Gasteiger partial charge in [-0.2, -0.15) is 0 Å². The van der Waals surface area contributed by atoms with Crippen LogP contribution in [0.15, 0.2) is 24.3 Å². The third kappa shape index (κ3) is 5.21. The Balaban J connectivity index is 2.33. The molecule has 1 aliphatic rings. The van der Waals surface area contributed by atoms with Crippen LogP contribution in [-0.2, 0) is 14.4 Å². The van der Waals surface area contributed by atoms with Gasteiger partial charge in [0.1, 0.15) is 5.75 Å². The molecule has 7 heteroatoms. The number of carbonyl (C=O) groups is 3. The van der Waals surface area contributed by atoms with Crippen molar-refractivity contribution < 1.29 is 24.2 Å². The molecule has 2 amide bonds.